The van der Waals surface area contributed by atoms with Gasteiger partial charge in [0.25, 0.3) is 10.0 Å². The molecule has 0 unspecified atom stereocenters. The number of hydrogen-bond acceptors (Lipinski definition) is 5. The Bertz CT molecular complexity index is 680. The largest absolute Gasteiger partial charge is 0.326 e. The predicted molar refractivity (Wildman–Crippen MR) is 76.0 cm³/mol. The van der Waals surface area contributed by atoms with E-state index in [-0.39, 0.29) is 27.6 Å². The van der Waals surface area contributed by atoms with Crippen molar-refractivity contribution in [2.45, 2.75) is 11.8 Å². The van der Waals surface area contributed by atoms with Crippen molar-refractivity contribution in [2.24, 2.45) is 4.40 Å². The van der Waals surface area contributed by atoms with Gasteiger partial charge in [-0.2, -0.15) is 8.42 Å². The van der Waals surface area contributed by atoms with Crippen molar-refractivity contribution in [2.75, 3.05) is 11.1 Å². The molecule has 1 fully saturated rings. The summed E-state index contributed by atoms with van der Waals surface area (Å²) in [5, 5.41) is 4.96. The fourth-order valence-corrected chi connectivity index (χ4v) is 3.33. The number of anilines is 1. The maximum Gasteiger partial charge on any atom is 0.284 e. The molecule has 1 saturated heterocycles. The van der Waals surface area contributed by atoms with Gasteiger partial charge in [-0.25, -0.2) is 0 Å². The summed E-state index contributed by atoms with van der Waals surface area (Å²) >= 11 is 1.04. The topological polar surface area (TPSA) is 105 Å². The highest BCUT2D eigenvalue weighted by Crippen LogP contribution is 2.18. The van der Waals surface area contributed by atoms with Gasteiger partial charge < -0.3 is 10.6 Å². The molecule has 0 aromatic heterocycles. The van der Waals surface area contributed by atoms with Gasteiger partial charge in [0.15, 0.2) is 5.17 Å². The van der Waals surface area contributed by atoms with Gasteiger partial charge in [-0.15, -0.1) is 4.40 Å². The van der Waals surface area contributed by atoms with Crippen LogP contribution in [-0.4, -0.2) is 31.2 Å². The van der Waals surface area contributed by atoms with Gasteiger partial charge in [0.1, 0.15) is 0 Å². The predicted octanol–water partition coefficient (Wildman–Crippen LogP) is 0.553. The third-order valence-electron chi connectivity index (χ3n) is 2.26. The second-order valence-corrected chi connectivity index (χ2v) is 6.48. The molecule has 9 heteroatoms. The van der Waals surface area contributed by atoms with Crippen LogP contribution in [0.25, 0.3) is 0 Å². The van der Waals surface area contributed by atoms with Gasteiger partial charge in [-0.1, -0.05) is 11.8 Å². The molecule has 0 radical (unpaired) electrons. The minimum absolute atomic E-state index is 0.0131. The normalized spacial score (nSPS) is 17.1. The highest BCUT2D eigenvalue weighted by molar-refractivity contribution is 8.15. The van der Waals surface area contributed by atoms with Crippen LogP contribution in [0.15, 0.2) is 33.6 Å². The number of carbonyl (C=O) groups is 2. The molecule has 2 N–H and O–H groups in total. The molecule has 2 rings (SSSR count). The van der Waals surface area contributed by atoms with Gasteiger partial charge in [-0.05, 0) is 24.3 Å². The van der Waals surface area contributed by atoms with E-state index >= 15 is 0 Å². The quantitative estimate of drug-likeness (QED) is 0.848. The summed E-state index contributed by atoms with van der Waals surface area (Å²) in [6, 6.07) is 5.61. The van der Waals surface area contributed by atoms with Crippen LogP contribution in [0.2, 0.25) is 0 Å². The van der Waals surface area contributed by atoms with Gasteiger partial charge in [0.2, 0.25) is 11.8 Å². The molecule has 20 heavy (non-hydrogen) atoms. The first-order valence-corrected chi connectivity index (χ1v) is 7.95. The molecule has 1 aliphatic heterocycles. The number of carbonyl (C=O) groups excluding carboxylic acids is 2. The first kappa shape index (κ1) is 14.5. The first-order chi connectivity index (χ1) is 9.37. The lowest BCUT2D eigenvalue weighted by molar-refractivity contribution is -0.117. The minimum Gasteiger partial charge on any atom is -0.326 e. The zero-order valence-corrected chi connectivity index (χ0v) is 12.0. The average molecular weight is 313 g/mol. The van der Waals surface area contributed by atoms with E-state index in [2.05, 4.69) is 15.0 Å². The molecule has 1 aliphatic rings. The third-order valence-corrected chi connectivity index (χ3v) is 4.54. The zero-order chi connectivity index (χ0) is 14.8. The molecule has 0 spiro atoms. The summed E-state index contributed by atoms with van der Waals surface area (Å²) in [6.45, 7) is 1.36. The van der Waals surface area contributed by atoms with E-state index in [0.29, 0.717) is 5.69 Å². The third kappa shape index (κ3) is 3.58. The van der Waals surface area contributed by atoms with Crippen molar-refractivity contribution in [3.8, 4) is 0 Å². The monoisotopic (exact) mass is 313 g/mol. The maximum absolute atomic E-state index is 12.0. The molecule has 1 heterocycles. The SMILES string of the molecule is CC(=O)Nc1ccc(S(=O)(=O)/N=C2/NC(=O)CS2)cc1. The minimum atomic E-state index is -3.87. The van der Waals surface area contributed by atoms with Crippen molar-refractivity contribution in [1.29, 1.82) is 0 Å². The van der Waals surface area contributed by atoms with Crippen LogP contribution in [0.3, 0.4) is 0 Å². The van der Waals surface area contributed by atoms with E-state index < -0.39 is 10.0 Å². The van der Waals surface area contributed by atoms with E-state index in [1.54, 1.807) is 0 Å². The summed E-state index contributed by atoms with van der Waals surface area (Å²) in [5.41, 5.74) is 0.493. The standard InChI is InChI=1S/C11H11N3O4S2/c1-7(15)12-8-2-4-9(5-3-8)20(17,18)14-11-13-10(16)6-19-11/h2-5H,6H2,1H3,(H,12,15)(H,13,14,16). The summed E-state index contributed by atoms with van der Waals surface area (Å²) in [4.78, 5) is 21.8. The number of nitrogens with one attached hydrogen (secondary N) is 2. The number of rotatable bonds is 3. The molecule has 1 aromatic carbocycles. The van der Waals surface area contributed by atoms with Crippen molar-refractivity contribution in [3.05, 3.63) is 24.3 Å². The van der Waals surface area contributed by atoms with Gasteiger partial charge in [0, 0.05) is 12.6 Å². The van der Waals surface area contributed by atoms with Crippen LogP contribution >= 0.6 is 11.8 Å². The molecule has 7 nitrogen and oxygen atoms in total. The second-order valence-electron chi connectivity index (χ2n) is 3.91. The molecular formula is C11H11N3O4S2. The van der Waals surface area contributed by atoms with E-state index in [4.69, 9.17) is 0 Å². The smallest absolute Gasteiger partial charge is 0.284 e. The number of hydrogen-bond donors (Lipinski definition) is 2. The second kappa shape index (κ2) is 5.63. The Morgan fingerprint density at radius 2 is 2.00 bits per heavy atom. The summed E-state index contributed by atoms with van der Waals surface area (Å²) in [6.07, 6.45) is 0. The van der Waals surface area contributed by atoms with Crippen molar-refractivity contribution in [1.82, 2.24) is 5.32 Å². The van der Waals surface area contributed by atoms with Crippen LogP contribution < -0.4 is 10.6 Å². The number of thioether (sulfide) groups is 1. The highest BCUT2D eigenvalue weighted by atomic mass is 32.2. The number of benzene rings is 1. The Morgan fingerprint density at radius 1 is 1.35 bits per heavy atom. The van der Waals surface area contributed by atoms with Crippen LogP contribution in [-0.2, 0) is 19.6 Å². The summed E-state index contributed by atoms with van der Waals surface area (Å²) in [5.74, 6) is -0.355. The fraction of sp³-hybridized carbons (Fsp3) is 0.182. The van der Waals surface area contributed by atoms with Crippen LogP contribution in [0, 0.1) is 0 Å². The average Bonchev–Trinajstić information content (AvgIpc) is 2.74. The van der Waals surface area contributed by atoms with E-state index in [9.17, 15) is 18.0 Å². The van der Waals surface area contributed by atoms with Crippen molar-refractivity contribution >= 4 is 44.5 Å². The molecule has 2 amide bonds. The Labute approximate surface area is 119 Å². The lowest BCUT2D eigenvalue weighted by Crippen LogP contribution is -2.21. The Morgan fingerprint density at radius 3 is 2.50 bits per heavy atom. The molecule has 0 atom stereocenters. The number of sulfonamides is 1. The zero-order valence-electron chi connectivity index (χ0n) is 10.4. The first-order valence-electron chi connectivity index (χ1n) is 5.52. The Hall–Kier alpha value is -1.87. The number of nitrogens with zero attached hydrogens (tertiary/aromatic N) is 1. The highest BCUT2D eigenvalue weighted by Gasteiger charge is 2.21. The molecule has 0 saturated carbocycles. The lowest BCUT2D eigenvalue weighted by atomic mass is 10.3. The molecule has 0 bridgehead atoms. The fourth-order valence-electron chi connectivity index (χ4n) is 1.45. The molecule has 0 aliphatic carbocycles. The number of amidine groups is 1. The van der Waals surface area contributed by atoms with Crippen molar-refractivity contribution < 1.29 is 18.0 Å². The lowest BCUT2D eigenvalue weighted by Gasteiger charge is -2.03. The van der Waals surface area contributed by atoms with E-state index in [1.807, 2.05) is 0 Å². The van der Waals surface area contributed by atoms with Crippen LogP contribution in [0.5, 0.6) is 0 Å². The van der Waals surface area contributed by atoms with E-state index in [1.165, 1.54) is 31.2 Å². The van der Waals surface area contributed by atoms with E-state index in [0.717, 1.165) is 11.8 Å². The maximum atomic E-state index is 12.0. The molecule has 1 aromatic rings. The Kier molecular flexibility index (Phi) is 4.09. The van der Waals surface area contributed by atoms with Crippen LogP contribution in [0.1, 0.15) is 6.92 Å². The molecule has 106 valence electrons. The van der Waals surface area contributed by atoms with Gasteiger partial charge >= 0.3 is 0 Å². The Balaban J connectivity index is 2.22. The summed E-state index contributed by atoms with van der Waals surface area (Å²) in [7, 11) is -3.87. The molecular weight excluding hydrogens is 302 g/mol. The van der Waals surface area contributed by atoms with Crippen molar-refractivity contribution in [3.63, 3.8) is 0 Å². The van der Waals surface area contributed by atoms with Gasteiger partial charge in [0.05, 0.1) is 10.6 Å². The van der Waals surface area contributed by atoms with Crippen LogP contribution in [0.4, 0.5) is 5.69 Å². The number of amides is 2. The van der Waals surface area contributed by atoms with Gasteiger partial charge in [-0.3, -0.25) is 9.59 Å². The summed E-state index contributed by atoms with van der Waals surface area (Å²) < 4.78 is 27.5.